The van der Waals surface area contributed by atoms with Crippen molar-refractivity contribution in [1.82, 2.24) is 15.1 Å². The van der Waals surface area contributed by atoms with E-state index in [1.165, 1.54) is 0 Å². The molecule has 0 unspecified atom stereocenters. The second-order valence-electron chi connectivity index (χ2n) is 6.05. The van der Waals surface area contributed by atoms with Gasteiger partial charge in [0, 0.05) is 6.54 Å². The second-order valence-corrected chi connectivity index (χ2v) is 6.05. The van der Waals surface area contributed by atoms with Gasteiger partial charge in [-0.05, 0) is 30.5 Å². The lowest BCUT2D eigenvalue weighted by Gasteiger charge is -2.19. The molecular weight excluding hydrogens is 302 g/mol. The van der Waals surface area contributed by atoms with E-state index in [1.54, 1.807) is 17.0 Å². The zero-order chi connectivity index (χ0) is 17.3. The Morgan fingerprint density at radius 3 is 2.62 bits per heavy atom. The minimum absolute atomic E-state index is 0.0840. The van der Waals surface area contributed by atoms with Crippen molar-refractivity contribution < 1.29 is 4.79 Å². The van der Waals surface area contributed by atoms with Crippen molar-refractivity contribution in [3.8, 4) is 6.07 Å². The van der Waals surface area contributed by atoms with Gasteiger partial charge in [-0.3, -0.25) is 9.89 Å². The summed E-state index contributed by atoms with van der Waals surface area (Å²) in [6.45, 7) is 7.02. The van der Waals surface area contributed by atoms with Crippen molar-refractivity contribution in [3.63, 3.8) is 0 Å². The molecule has 0 bridgehead atoms. The molecule has 0 saturated heterocycles. The number of hydrogen-bond donors (Lipinski definition) is 1. The van der Waals surface area contributed by atoms with Crippen LogP contribution in [-0.2, 0) is 0 Å². The quantitative estimate of drug-likeness (QED) is 0.943. The summed E-state index contributed by atoms with van der Waals surface area (Å²) in [7, 11) is 0. The molecule has 1 aliphatic rings. The van der Waals surface area contributed by atoms with E-state index in [0.717, 1.165) is 17.0 Å². The molecule has 0 fully saturated rings. The Morgan fingerprint density at radius 1 is 1.33 bits per heavy atom. The van der Waals surface area contributed by atoms with Crippen LogP contribution >= 0.6 is 0 Å². The molecule has 1 aliphatic heterocycles. The normalized spacial score (nSPS) is 14.2. The summed E-state index contributed by atoms with van der Waals surface area (Å²) in [4.78, 5) is 19.2. The fraction of sp³-hybridized carbons (Fsp3) is 0.333. The molecule has 6 nitrogen and oxygen atoms in total. The Balaban J connectivity index is 2.14. The maximum Gasteiger partial charge on any atom is 0.274 e. The highest BCUT2D eigenvalue weighted by molar-refractivity contribution is 6.10. The van der Waals surface area contributed by atoms with E-state index in [9.17, 15) is 4.79 Å². The summed E-state index contributed by atoms with van der Waals surface area (Å²) in [5.41, 5.74) is 4.18. The predicted molar refractivity (Wildman–Crippen MR) is 91.6 cm³/mol. The van der Waals surface area contributed by atoms with Crippen molar-refractivity contribution in [2.75, 3.05) is 13.1 Å². The fourth-order valence-corrected chi connectivity index (χ4v) is 2.74. The van der Waals surface area contributed by atoms with Crippen molar-refractivity contribution in [1.29, 1.82) is 5.26 Å². The maximum atomic E-state index is 12.7. The topological polar surface area (TPSA) is 85.1 Å². The number of carbonyl (C=O) groups is 1. The van der Waals surface area contributed by atoms with Crippen LogP contribution in [0.2, 0.25) is 0 Å². The summed E-state index contributed by atoms with van der Waals surface area (Å²) in [6, 6.07) is 9.38. The van der Waals surface area contributed by atoms with Crippen LogP contribution in [0.15, 0.2) is 29.3 Å². The molecule has 2 aromatic rings. The zero-order valence-corrected chi connectivity index (χ0v) is 14.0. The Kier molecular flexibility index (Phi) is 4.17. The molecule has 1 amide bonds. The van der Waals surface area contributed by atoms with Gasteiger partial charge in [0.1, 0.15) is 11.4 Å². The number of likely N-dealkylation sites (N-methyl/N-ethyl adjacent to an activating group) is 1. The molecule has 0 spiro atoms. The predicted octanol–water partition coefficient (Wildman–Crippen LogP) is 3.00. The monoisotopic (exact) mass is 321 g/mol. The highest BCUT2D eigenvalue weighted by Crippen LogP contribution is 2.31. The molecule has 2 heterocycles. The molecule has 0 radical (unpaired) electrons. The minimum Gasteiger partial charge on any atom is -0.332 e. The molecule has 1 aromatic carbocycles. The van der Waals surface area contributed by atoms with Crippen LogP contribution in [0.5, 0.6) is 0 Å². The van der Waals surface area contributed by atoms with Crippen LogP contribution in [0, 0.1) is 11.3 Å². The third kappa shape index (κ3) is 2.69. The lowest BCUT2D eigenvalue weighted by atomic mass is 10.1. The van der Waals surface area contributed by atoms with Gasteiger partial charge < -0.3 is 4.90 Å². The molecule has 0 aliphatic carbocycles. The van der Waals surface area contributed by atoms with Crippen LogP contribution < -0.4 is 0 Å². The fourth-order valence-electron chi connectivity index (χ4n) is 2.74. The van der Waals surface area contributed by atoms with Crippen LogP contribution in [-0.4, -0.2) is 39.8 Å². The SMILES string of the molecule is CCN1CC(c2ccc(C#N)cc2)=Nc2c(C(C)C)n[nH]c2C1=O. The largest absolute Gasteiger partial charge is 0.332 e. The van der Waals surface area contributed by atoms with Gasteiger partial charge in [0.2, 0.25) is 0 Å². The van der Waals surface area contributed by atoms with Crippen LogP contribution in [0.3, 0.4) is 0 Å². The average molecular weight is 321 g/mol. The van der Waals surface area contributed by atoms with Gasteiger partial charge in [-0.15, -0.1) is 0 Å². The third-order valence-electron chi connectivity index (χ3n) is 4.13. The summed E-state index contributed by atoms with van der Waals surface area (Å²) in [6.07, 6.45) is 0. The van der Waals surface area contributed by atoms with Crippen molar-refractivity contribution >= 4 is 17.3 Å². The number of amides is 1. The van der Waals surface area contributed by atoms with Crippen LogP contribution in [0.1, 0.15) is 54.0 Å². The number of carbonyl (C=O) groups excluding carboxylic acids is 1. The Hall–Kier alpha value is -2.94. The summed E-state index contributed by atoms with van der Waals surface area (Å²) >= 11 is 0. The molecule has 1 aromatic heterocycles. The second kappa shape index (κ2) is 6.28. The number of nitrogens with zero attached hydrogens (tertiary/aromatic N) is 4. The molecule has 1 N–H and O–H groups in total. The first kappa shape index (κ1) is 15.9. The average Bonchev–Trinajstić information content (AvgIpc) is 2.96. The lowest BCUT2D eigenvalue weighted by molar-refractivity contribution is 0.0784. The third-order valence-corrected chi connectivity index (χ3v) is 4.13. The van der Waals surface area contributed by atoms with Gasteiger partial charge in [0.15, 0.2) is 0 Å². The maximum absolute atomic E-state index is 12.7. The van der Waals surface area contributed by atoms with Crippen molar-refractivity contribution in [2.45, 2.75) is 26.7 Å². The number of nitrogens with one attached hydrogen (secondary N) is 1. The van der Waals surface area contributed by atoms with Crippen LogP contribution in [0.25, 0.3) is 0 Å². The molecule has 0 atom stereocenters. The Bertz CT molecular complexity index is 839. The number of aromatic nitrogens is 2. The summed E-state index contributed by atoms with van der Waals surface area (Å²) in [5.74, 6) is 0.0798. The minimum atomic E-state index is -0.0840. The number of benzene rings is 1. The number of hydrogen-bond acceptors (Lipinski definition) is 4. The number of rotatable bonds is 3. The van der Waals surface area contributed by atoms with E-state index in [0.29, 0.717) is 30.0 Å². The van der Waals surface area contributed by atoms with E-state index in [-0.39, 0.29) is 11.8 Å². The standard InChI is InChI=1S/C18H19N5O/c1-4-23-10-14(13-7-5-12(9-19)6-8-13)20-16-15(11(2)3)21-22-17(16)18(23)24/h5-8,11H,4,10H2,1-3H3,(H,21,22). The molecule has 6 heteroatoms. The molecule has 24 heavy (non-hydrogen) atoms. The van der Waals surface area contributed by atoms with Gasteiger partial charge in [-0.2, -0.15) is 10.4 Å². The smallest absolute Gasteiger partial charge is 0.274 e. The first-order chi connectivity index (χ1) is 11.5. The molecule has 3 rings (SSSR count). The molecule has 0 saturated carbocycles. The van der Waals surface area contributed by atoms with Crippen molar-refractivity contribution in [3.05, 3.63) is 46.8 Å². The first-order valence-corrected chi connectivity index (χ1v) is 8.00. The Morgan fingerprint density at radius 2 is 2.04 bits per heavy atom. The number of aliphatic imine (C=N–C) groups is 1. The lowest BCUT2D eigenvalue weighted by Crippen LogP contribution is -2.34. The van der Waals surface area contributed by atoms with Gasteiger partial charge >= 0.3 is 0 Å². The van der Waals surface area contributed by atoms with Gasteiger partial charge in [-0.25, -0.2) is 4.99 Å². The van der Waals surface area contributed by atoms with E-state index in [4.69, 9.17) is 10.3 Å². The van der Waals surface area contributed by atoms with E-state index >= 15 is 0 Å². The Labute approximate surface area is 140 Å². The van der Waals surface area contributed by atoms with Gasteiger partial charge in [-0.1, -0.05) is 26.0 Å². The summed E-state index contributed by atoms with van der Waals surface area (Å²) < 4.78 is 0. The molecule has 122 valence electrons. The number of H-pyrrole nitrogens is 1. The van der Waals surface area contributed by atoms with E-state index in [1.807, 2.05) is 32.9 Å². The zero-order valence-electron chi connectivity index (χ0n) is 14.0. The first-order valence-electron chi connectivity index (χ1n) is 8.00. The highest BCUT2D eigenvalue weighted by Gasteiger charge is 2.28. The summed E-state index contributed by atoms with van der Waals surface area (Å²) in [5, 5.41) is 16.1. The van der Waals surface area contributed by atoms with Gasteiger partial charge in [0.05, 0.1) is 29.6 Å². The van der Waals surface area contributed by atoms with E-state index in [2.05, 4.69) is 16.3 Å². The molecular formula is C18H19N5O. The van der Waals surface area contributed by atoms with Crippen LogP contribution in [0.4, 0.5) is 5.69 Å². The van der Waals surface area contributed by atoms with Gasteiger partial charge in [0.25, 0.3) is 5.91 Å². The van der Waals surface area contributed by atoms with Crippen molar-refractivity contribution in [2.24, 2.45) is 4.99 Å². The number of nitriles is 1. The number of fused-ring (bicyclic) bond motifs is 1. The van der Waals surface area contributed by atoms with E-state index < -0.39 is 0 Å². The highest BCUT2D eigenvalue weighted by atomic mass is 16.2. The number of aromatic amines is 1.